The fourth-order valence-corrected chi connectivity index (χ4v) is 4.74. The van der Waals surface area contributed by atoms with Crippen molar-refractivity contribution in [2.24, 2.45) is 10.2 Å². The number of H-pyrrole nitrogens is 1. The number of nitrogens with zero attached hydrogens (tertiary/aromatic N) is 3. The SMILES string of the molecule is Cc1ccccc1CN(c1ccc(C(=O)N=Nc2c(O)[nH]c3ccc(Br)cc23)cc1)S(C)(=O)=O. The lowest BCUT2D eigenvalue weighted by atomic mass is 10.1. The number of aryl methyl sites for hydroxylation is 1. The van der Waals surface area contributed by atoms with Crippen molar-refractivity contribution < 1.29 is 18.3 Å². The Morgan fingerprint density at radius 1 is 1.09 bits per heavy atom. The molecule has 174 valence electrons. The Kier molecular flexibility index (Phi) is 6.54. The second kappa shape index (κ2) is 9.40. The lowest BCUT2D eigenvalue weighted by Crippen LogP contribution is -2.29. The standard InChI is InChI=1S/C24H21BrN4O4S/c1-15-5-3-4-6-17(15)14-29(34(2,32)33)19-10-7-16(8-11-19)23(30)28-27-22-20-13-18(25)9-12-21(20)26-24(22)31/h3-13,26,31H,14H2,1-2H3. The molecular formula is C24H21BrN4O4S. The number of benzene rings is 3. The van der Waals surface area contributed by atoms with Crippen LogP contribution in [0.1, 0.15) is 21.5 Å². The van der Waals surface area contributed by atoms with Gasteiger partial charge in [-0.1, -0.05) is 40.2 Å². The number of halogens is 1. The van der Waals surface area contributed by atoms with Gasteiger partial charge in [0.25, 0.3) is 5.91 Å². The number of azo groups is 1. The van der Waals surface area contributed by atoms with Crippen molar-refractivity contribution in [2.75, 3.05) is 10.6 Å². The molecule has 0 saturated carbocycles. The third-order valence-electron chi connectivity index (χ3n) is 5.33. The Morgan fingerprint density at radius 3 is 2.47 bits per heavy atom. The van der Waals surface area contributed by atoms with Crippen LogP contribution in [-0.2, 0) is 16.6 Å². The fourth-order valence-electron chi connectivity index (χ4n) is 3.50. The zero-order valence-electron chi connectivity index (χ0n) is 18.4. The average Bonchev–Trinajstić information content (AvgIpc) is 3.10. The van der Waals surface area contributed by atoms with Gasteiger partial charge in [-0.2, -0.15) is 0 Å². The molecule has 0 aliphatic rings. The summed E-state index contributed by atoms with van der Waals surface area (Å²) in [5, 5.41) is 18.4. The van der Waals surface area contributed by atoms with E-state index in [-0.39, 0.29) is 23.7 Å². The maximum absolute atomic E-state index is 12.6. The van der Waals surface area contributed by atoms with Gasteiger partial charge >= 0.3 is 0 Å². The first-order valence-electron chi connectivity index (χ1n) is 10.2. The molecule has 8 nitrogen and oxygen atoms in total. The van der Waals surface area contributed by atoms with Crippen LogP contribution in [-0.4, -0.2) is 30.7 Å². The van der Waals surface area contributed by atoms with Crippen molar-refractivity contribution >= 4 is 54.1 Å². The summed E-state index contributed by atoms with van der Waals surface area (Å²) >= 11 is 3.37. The van der Waals surface area contributed by atoms with Crippen LogP contribution in [0.3, 0.4) is 0 Å². The third kappa shape index (κ3) is 5.02. The first-order chi connectivity index (χ1) is 16.1. The maximum atomic E-state index is 12.6. The normalized spacial score (nSPS) is 11.9. The van der Waals surface area contributed by atoms with E-state index >= 15 is 0 Å². The Morgan fingerprint density at radius 2 is 1.79 bits per heavy atom. The number of hydrogen-bond acceptors (Lipinski definition) is 5. The van der Waals surface area contributed by atoms with E-state index in [1.807, 2.05) is 37.3 Å². The van der Waals surface area contributed by atoms with E-state index in [4.69, 9.17) is 0 Å². The summed E-state index contributed by atoms with van der Waals surface area (Å²) in [4.78, 5) is 15.4. The van der Waals surface area contributed by atoms with Gasteiger partial charge in [-0.25, -0.2) is 8.42 Å². The molecule has 0 radical (unpaired) electrons. The Labute approximate surface area is 205 Å². The van der Waals surface area contributed by atoms with Crippen LogP contribution in [0.25, 0.3) is 10.9 Å². The number of fused-ring (bicyclic) bond motifs is 1. The molecule has 0 bridgehead atoms. The van der Waals surface area contributed by atoms with Crippen molar-refractivity contribution in [3.63, 3.8) is 0 Å². The number of hydrogen-bond donors (Lipinski definition) is 2. The van der Waals surface area contributed by atoms with Crippen LogP contribution in [0.2, 0.25) is 0 Å². The minimum atomic E-state index is -3.56. The van der Waals surface area contributed by atoms with Gasteiger partial charge in [0.15, 0.2) is 5.69 Å². The number of aromatic nitrogens is 1. The number of sulfonamides is 1. The number of aromatic hydroxyl groups is 1. The number of amides is 1. The first-order valence-corrected chi connectivity index (χ1v) is 12.9. The summed E-state index contributed by atoms with van der Waals surface area (Å²) in [6.45, 7) is 2.10. The third-order valence-corrected chi connectivity index (χ3v) is 6.97. The molecule has 4 aromatic rings. The number of anilines is 1. The molecule has 1 amide bonds. The van der Waals surface area contributed by atoms with Crippen molar-refractivity contribution in [1.29, 1.82) is 0 Å². The van der Waals surface area contributed by atoms with Gasteiger partial charge < -0.3 is 10.1 Å². The second-order valence-corrected chi connectivity index (χ2v) is 10.6. The molecule has 0 atom stereocenters. The van der Waals surface area contributed by atoms with Crippen molar-refractivity contribution in [1.82, 2.24) is 4.98 Å². The summed E-state index contributed by atoms with van der Waals surface area (Å²) in [6, 6.07) is 19.0. The monoisotopic (exact) mass is 540 g/mol. The molecule has 2 N–H and O–H groups in total. The fraction of sp³-hybridized carbons (Fsp3) is 0.125. The molecule has 0 unspecified atom stereocenters. The van der Waals surface area contributed by atoms with Gasteiger partial charge in [0, 0.05) is 15.4 Å². The number of aromatic amines is 1. The molecule has 10 heteroatoms. The van der Waals surface area contributed by atoms with E-state index in [0.717, 1.165) is 21.9 Å². The second-order valence-electron chi connectivity index (χ2n) is 7.76. The summed E-state index contributed by atoms with van der Waals surface area (Å²) in [7, 11) is -3.56. The molecule has 1 heterocycles. The predicted octanol–water partition coefficient (Wildman–Crippen LogP) is 5.83. The lowest BCUT2D eigenvalue weighted by Gasteiger charge is -2.23. The van der Waals surface area contributed by atoms with Gasteiger partial charge in [-0.3, -0.25) is 9.10 Å². The highest BCUT2D eigenvalue weighted by atomic mass is 79.9. The topological polar surface area (TPSA) is 115 Å². The molecule has 3 aromatic carbocycles. The Balaban J connectivity index is 1.58. The number of carbonyl (C=O) groups is 1. The van der Waals surface area contributed by atoms with Gasteiger partial charge in [-0.05, 0) is 60.5 Å². The van der Waals surface area contributed by atoms with Crippen LogP contribution in [0, 0.1) is 6.92 Å². The van der Waals surface area contributed by atoms with E-state index in [1.165, 1.54) is 16.4 Å². The number of carbonyl (C=O) groups excluding carboxylic acids is 1. The lowest BCUT2D eigenvalue weighted by molar-refractivity contribution is 0.0995. The van der Waals surface area contributed by atoms with Crippen molar-refractivity contribution in [3.05, 3.63) is 87.9 Å². The number of nitrogens with one attached hydrogen (secondary N) is 1. The van der Waals surface area contributed by atoms with Crippen LogP contribution in [0.15, 0.2) is 81.4 Å². The summed E-state index contributed by atoms with van der Waals surface area (Å²) in [5.41, 5.74) is 3.34. The van der Waals surface area contributed by atoms with E-state index in [2.05, 4.69) is 31.1 Å². The largest absolute Gasteiger partial charge is 0.493 e. The quantitative estimate of drug-likeness (QED) is 0.299. The number of rotatable bonds is 6. The molecule has 0 aliphatic heterocycles. The molecule has 34 heavy (non-hydrogen) atoms. The molecule has 4 rings (SSSR count). The Hall–Kier alpha value is -3.50. The molecule has 0 aliphatic carbocycles. The average molecular weight is 541 g/mol. The zero-order chi connectivity index (χ0) is 24.5. The molecule has 0 spiro atoms. The van der Waals surface area contributed by atoms with Crippen LogP contribution in [0.4, 0.5) is 11.4 Å². The summed E-state index contributed by atoms with van der Waals surface area (Å²) in [6.07, 6.45) is 1.14. The van der Waals surface area contributed by atoms with Crippen LogP contribution < -0.4 is 4.31 Å². The van der Waals surface area contributed by atoms with Crippen molar-refractivity contribution in [2.45, 2.75) is 13.5 Å². The molecule has 0 fully saturated rings. The molecule has 0 saturated heterocycles. The minimum Gasteiger partial charge on any atom is -0.493 e. The highest BCUT2D eigenvalue weighted by Crippen LogP contribution is 2.37. The van der Waals surface area contributed by atoms with Gasteiger partial charge in [0.2, 0.25) is 15.9 Å². The summed E-state index contributed by atoms with van der Waals surface area (Å²) < 4.78 is 27.0. The van der Waals surface area contributed by atoms with Gasteiger partial charge in [0.05, 0.1) is 24.0 Å². The molecular weight excluding hydrogens is 520 g/mol. The van der Waals surface area contributed by atoms with Crippen LogP contribution in [0.5, 0.6) is 5.88 Å². The minimum absolute atomic E-state index is 0.155. The van der Waals surface area contributed by atoms with Crippen LogP contribution >= 0.6 is 15.9 Å². The van der Waals surface area contributed by atoms with E-state index in [0.29, 0.717) is 16.6 Å². The van der Waals surface area contributed by atoms with Gasteiger partial charge in [-0.15, -0.1) is 10.2 Å². The Bertz CT molecular complexity index is 1510. The van der Waals surface area contributed by atoms with Crippen molar-refractivity contribution in [3.8, 4) is 5.88 Å². The highest BCUT2D eigenvalue weighted by Gasteiger charge is 2.19. The first kappa shape index (κ1) is 23.7. The van der Waals surface area contributed by atoms with E-state index in [1.54, 1.807) is 24.3 Å². The molecule has 1 aromatic heterocycles. The highest BCUT2D eigenvalue weighted by molar-refractivity contribution is 9.10. The van der Waals surface area contributed by atoms with E-state index in [9.17, 15) is 18.3 Å². The smallest absolute Gasteiger partial charge is 0.295 e. The van der Waals surface area contributed by atoms with Gasteiger partial charge in [0.1, 0.15) is 0 Å². The zero-order valence-corrected chi connectivity index (χ0v) is 20.8. The predicted molar refractivity (Wildman–Crippen MR) is 135 cm³/mol. The summed E-state index contributed by atoms with van der Waals surface area (Å²) in [5.74, 6) is -0.819. The van der Waals surface area contributed by atoms with E-state index < -0.39 is 15.9 Å². The maximum Gasteiger partial charge on any atom is 0.295 e.